The van der Waals surface area contributed by atoms with Gasteiger partial charge in [0.15, 0.2) is 0 Å². The Labute approximate surface area is 182 Å². The van der Waals surface area contributed by atoms with Crippen molar-refractivity contribution >= 4 is 11.9 Å². The molecule has 4 nitrogen and oxygen atoms in total. The molecule has 1 aromatic carbocycles. The predicted octanol–water partition coefficient (Wildman–Crippen LogP) is 6.65. The molecular formula is C26H40O4. The second kappa shape index (κ2) is 11.0. The number of hydrogen-bond donors (Lipinski definition) is 0. The van der Waals surface area contributed by atoms with Gasteiger partial charge in [0.05, 0.1) is 11.5 Å². The Morgan fingerprint density at radius 1 is 0.900 bits per heavy atom. The van der Waals surface area contributed by atoms with E-state index < -0.39 is 0 Å². The molecule has 4 heteroatoms. The average Bonchev–Trinajstić information content (AvgIpc) is 3.38. The lowest BCUT2D eigenvalue weighted by molar-refractivity contribution is -0.161. The fraction of sp³-hybridized carbons (Fsp3) is 0.692. The van der Waals surface area contributed by atoms with E-state index in [0.29, 0.717) is 5.56 Å². The molecule has 0 atom stereocenters. The fourth-order valence-corrected chi connectivity index (χ4v) is 4.26. The third kappa shape index (κ3) is 6.85. The number of benzene rings is 1. The van der Waals surface area contributed by atoms with Crippen molar-refractivity contribution in [2.75, 3.05) is 0 Å². The van der Waals surface area contributed by atoms with Crippen molar-refractivity contribution in [3.05, 3.63) is 35.4 Å². The van der Waals surface area contributed by atoms with Crippen LogP contribution in [0, 0.1) is 5.92 Å². The minimum Gasteiger partial charge on any atom is -0.459 e. The number of esters is 2. The maximum Gasteiger partial charge on any atom is 0.338 e. The highest BCUT2D eigenvalue weighted by Crippen LogP contribution is 2.36. The van der Waals surface area contributed by atoms with Gasteiger partial charge in [-0.05, 0) is 88.8 Å². The lowest BCUT2D eigenvalue weighted by Gasteiger charge is -2.27. The van der Waals surface area contributed by atoms with Crippen LogP contribution in [0.2, 0.25) is 0 Å². The number of rotatable bonds is 6. The van der Waals surface area contributed by atoms with Crippen LogP contribution in [0.1, 0.15) is 108 Å². The smallest absolute Gasteiger partial charge is 0.338 e. The van der Waals surface area contributed by atoms with E-state index in [-0.39, 0.29) is 29.1 Å². The predicted molar refractivity (Wildman–Crippen MR) is 121 cm³/mol. The molecule has 0 saturated heterocycles. The van der Waals surface area contributed by atoms with E-state index in [9.17, 15) is 9.59 Å². The first-order chi connectivity index (χ1) is 14.2. The number of carbonyl (C=O) groups is 2. The SMILES string of the molecule is CC(C)C(=O)OC1(C)CCCC1.CCc1ccc(C(=O)OC2(CC)CCCC2)cc1. The summed E-state index contributed by atoms with van der Waals surface area (Å²) in [6.07, 6.45) is 10.8. The Hall–Kier alpha value is -1.84. The molecule has 0 N–H and O–H groups in total. The highest BCUT2D eigenvalue weighted by Gasteiger charge is 2.36. The summed E-state index contributed by atoms with van der Waals surface area (Å²) in [5.41, 5.74) is 1.58. The normalized spacial score (nSPS) is 19.1. The Balaban J connectivity index is 0.000000232. The van der Waals surface area contributed by atoms with Gasteiger partial charge in [-0.3, -0.25) is 4.79 Å². The molecular weight excluding hydrogens is 376 g/mol. The van der Waals surface area contributed by atoms with Crippen molar-refractivity contribution in [2.24, 2.45) is 5.92 Å². The van der Waals surface area contributed by atoms with Crippen LogP contribution >= 0.6 is 0 Å². The van der Waals surface area contributed by atoms with Gasteiger partial charge < -0.3 is 9.47 Å². The van der Waals surface area contributed by atoms with Crippen molar-refractivity contribution in [3.63, 3.8) is 0 Å². The zero-order valence-corrected chi connectivity index (χ0v) is 19.6. The first-order valence-corrected chi connectivity index (χ1v) is 11.8. The van der Waals surface area contributed by atoms with Gasteiger partial charge in [0.2, 0.25) is 0 Å². The standard InChI is InChI=1S/C16H22O2.C10H18O2/c1-3-13-7-9-14(10-8-13)15(17)18-16(4-2)11-5-6-12-16;1-8(2)9(11)12-10(3)6-4-5-7-10/h7-10H,3-6,11-12H2,1-2H3;8H,4-7H2,1-3H3. The Morgan fingerprint density at radius 2 is 1.43 bits per heavy atom. The van der Waals surface area contributed by atoms with Gasteiger partial charge in [-0.15, -0.1) is 0 Å². The summed E-state index contributed by atoms with van der Waals surface area (Å²) in [5.74, 6) is -0.219. The Bertz CT molecular complexity index is 677. The van der Waals surface area contributed by atoms with Gasteiger partial charge >= 0.3 is 11.9 Å². The third-order valence-electron chi connectivity index (χ3n) is 6.55. The number of carbonyl (C=O) groups excluding carboxylic acids is 2. The summed E-state index contributed by atoms with van der Waals surface area (Å²) in [5, 5.41) is 0. The highest BCUT2D eigenvalue weighted by molar-refractivity contribution is 5.89. The molecule has 168 valence electrons. The van der Waals surface area contributed by atoms with Crippen LogP contribution in [-0.4, -0.2) is 23.1 Å². The lowest BCUT2D eigenvalue weighted by atomic mass is 9.98. The van der Waals surface area contributed by atoms with Crippen molar-refractivity contribution < 1.29 is 19.1 Å². The molecule has 0 aromatic heterocycles. The van der Waals surface area contributed by atoms with Crippen molar-refractivity contribution in [1.82, 2.24) is 0 Å². The van der Waals surface area contributed by atoms with Crippen molar-refractivity contribution in [1.29, 1.82) is 0 Å². The molecule has 0 amide bonds. The third-order valence-corrected chi connectivity index (χ3v) is 6.55. The fourth-order valence-electron chi connectivity index (χ4n) is 4.26. The molecule has 30 heavy (non-hydrogen) atoms. The molecule has 2 fully saturated rings. The van der Waals surface area contributed by atoms with Gasteiger partial charge in [-0.25, -0.2) is 4.79 Å². The van der Waals surface area contributed by atoms with E-state index in [2.05, 4.69) is 13.8 Å². The molecule has 2 aliphatic carbocycles. The largest absolute Gasteiger partial charge is 0.459 e. The second-order valence-corrected chi connectivity index (χ2v) is 9.42. The molecule has 3 rings (SSSR count). The van der Waals surface area contributed by atoms with Gasteiger partial charge in [-0.2, -0.15) is 0 Å². The zero-order valence-electron chi connectivity index (χ0n) is 19.6. The van der Waals surface area contributed by atoms with Crippen LogP contribution in [0.3, 0.4) is 0 Å². The van der Waals surface area contributed by atoms with Crippen LogP contribution in [0.25, 0.3) is 0 Å². The van der Waals surface area contributed by atoms with E-state index in [1.54, 1.807) is 0 Å². The minimum atomic E-state index is -0.194. The Morgan fingerprint density at radius 3 is 1.90 bits per heavy atom. The molecule has 0 spiro atoms. The molecule has 2 aliphatic rings. The summed E-state index contributed by atoms with van der Waals surface area (Å²) in [6, 6.07) is 7.76. The summed E-state index contributed by atoms with van der Waals surface area (Å²) in [7, 11) is 0. The monoisotopic (exact) mass is 416 g/mol. The molecule has 0 bridgehead atoms. The maximum absolute atomic E-state index is 12.1. The van der Waals surface area contributed by atoms with E-state index in [1.165, 1.54) is 31.2 Å². The molecule has 0 unspecified atom stereocenters. The molecule has 1 aromatic rings. The quantitative estimate of drug-likeness (QED) is 0.487. The van der Waals surface area contributed by atoms with Gasteiger partial charge in [-0.1, -0.05) is 39.8 Å². The molecule has 2 saturated carbocycles. The van der Waals surface area contributed by atoms with Crippen LogP contribution in [0.5, 0.6) is 0 Å². The van der Waals surface area contributed by atoms with E-state index in [1.807, 2.05) is 45.0 Å². The highest BCUT2D eigenvalue weighted by atomic mass is 16.6. The lowest BCUT2D eigenvalue weighted by Crippen LogP contribution is -2.31. The van der Waals surface area contributed by atoms with Crippen LogP contribution in [-0.2, 0) is 20.7 Å². The molecule has 0 heterocycles. The van der Waals surface area contributed by atoms with Gasteiger partial charge in [0, 0.05) is 0 Å². The van der Waals surface area contributed by atoms with Crippen LogP contribution < -0.4 is 0 Å². The molecule has 0 radical (unpaired) electrons. The summed E-state index contributed by atoms with van der Waals surface area (Å²) in [4.78, 5) is 23.4. The van der Waals surface area contributed by atoms with E-state index in [4.69, 9.17) is 9.47 Å². The van der Waals surface area contributed by atoms with Crippen molar-refractivity contribution in [2.45, 2.75) is 110 Å². The van der Waals surface area contributed by atoms with Crippen LogP contribution in [0.4, 0.5) is 0 Å². The Kier molecular flexibility index (Phi) is 8.93. The van der Waals surface area contributed by atoms with Gasteiger partial charge in [0.25, 0.3) is 0 Å². The van der Waals surface area contributed by atoms with Gasteiger partial charge in [0.1, 0.15) is 11.2 Å². The first-order valence-electron chi connectivity index (χ1n) is 11.8. The van der Waals surface area contributed by atoms with E-state index in [0.717, 1.165) is 38.5 Å². The topological polar surface area (TPSA) is 52.6 Å². The second-order valence-electron chi connectivity index (χ2n) is 9.42. The first kappa shape index (κ1) is 24.4. The summed E-state index contributed by atoms with van der Waals surface area (Å²) in [6.45, 7) is 10.0. The number of aryl methyl sites for hydroxylation is 1. The molecule has 0 aliphatic heterocycles. The van der Waals surface area contributed by atoms with Crippen LogP contribution in [0.15, 0.2) is 24.3 Å². The number of ether oxygens (including phenoxy) is 2. The summed E-state index contributed by atoms with van der Waals surface area (Å²) < 4.78 is 11.2. The summed E-state index contributed by atoms with van der Waals surface area (Å²) >= 11 is 0. The maximum atomic E-state index is 12.1. The van der Waals surface area contributed by atoms with Crippen molar-refractivity contribution in [3.8, 4) is 0 Å². The minimum absolute atomic E-state index is 0.00225. The van der Waals surface area contributed by atoms with E-state index >= 15 is 0 Å². The number of hydrogen-bond acceptors (Lipinski definition) is 4. The zero-order chi connectivity index (χ0) is 22.2. The average molecular weight is 417 g/mol.